The molecule has 0 N–H and O–H groups in total. The van der Waals surface area contributed by atoms with Gasteiger partial charge in [0.1, 0.15) is 22.7 Å². The molecule has 0 unspecified atom stereocenters. The van der Waals surface area contributed by atoms with Gasteiger partial charge in [0.05, 0.1) is 18.2 Å². The zero-order chi connectivity index (χ0) is 23.7. The van der Waals surface area contributed by atoms with Crippen molar-refractivity contribution in [2.75, 3.05) is 37.4 Å². The van der Waals surface area contributed by atoms with Gasteiger partial charge in [0.15, 0.2) is 0 Å². The van der Waals surface area contributed by atoms with Crippen LogP contribution in [0, 0.1) is 12.8 Å². The van der Waals surface area contributed by atoms with Gasteiger partial charge in [0.2, 0.25) is 10.0 Å². The third-order valence-electron chi connectivity index (χ3n) is 7.00. The van der Waals surface area contributed by atoms with Crippen molar-refractivity contribution in [3.05, 3.63) is 46.6 Å². The Kier molecular flexibility index (Phi) is 6.77. The highest BCUT2D eigenvalue weighted by Gasteiger charge is 2.24. The molecule has 9 heteroatoms. The first-order valence-corrected chi connectivity index (χ1v) is 14.7. The normalized spacial score (nSPS) is 17.8. The lowest BCUT2D eigenvalue weighted by atomic mass is 9.92. The highest BCUT2D eigenvalue weighted by Crippen LogP contribution is 2.33. The van der Waals surface area contributed by atoms with Crippen LogP contribution in [-0.2, 0) is 23.0 Å². The number of hydrogen-bond donors (Lipinski definition) is 0. The minimum atomic E-state index is -3.14. The third kappa shape index (κ3) is 5.21. The highest BCUT2D eigenvalue weighted by atomic mass is 32.2. The molecule has 0 saturated carbocycles. The summed E-state index contributed by atoms with van der Waals surface area (Å²) in [5, 5.41) is 1.19. The number of piperidine rings is 1. The van der Waals surface area contributed by atoms with Gasteiger partial charge in [-0.1, -0.05) is 6.07 Å². The molecular weight excluding hydrogens is 468 g/mol. The van der Waals surface area contributed by atoms with E-state index in [-0.39, 0.29) is 0 Å². The summed E-state index contributed by atoms with van der Waals surface area (Å²) in [6.45, 7) is 5.93. The molecule has 34 heavy (non-hydrogen) atoms. The summed E-state index contributed by atoms with van der Waals surface area (Å²) in [6.07, 6.45) is 8.30. The molecule has 1 fully saturated rings. The summed E-state index contributed by atoms with van der Waals surface area (Å²) in [6, 6.07) is 8.28. The fraction of sp³-hybridized carbons (Fsp3) is 0.520. The molecule has 182 valence electrons. The number of rotatable bonds is 7. The first-order chi connectivity index (χ1) is 16.4. The monoisotopic (exact) mass is 500 g/mol. The first-order valence-electron chi connectivity index (χ1n) is 12.0. The Labute approximate surface area is 205 Å². The third-order valence-corrected chi connectivity index (χ3v) is 9.20. The lowest BCUT2D eigenvalue weighted by Gasteiger charge is -2.33. The van der Waals surface area contributed by atoms with Crippen LogP contribution in [0.15, 0.2) is 30.6 Å². The molecule has 5 rings (SSSR count). The van der Waals surface area contributed by atoms with Crippen molar-refractivity contribution < 1.29 is 13.2 Å². The van der Waals surface area contributed by atoms with Crippen LogP contribution in [0.4, 0.5) is 5.82 Å². The molecule has 1 aromatic carbocycles. The molecule has 0 bridgehead atoms. The summed E-state index contributed by atoms with van der Waals surface area (Å²) in [7, 11) is -3.14. The molecule has 0 aliphatic carbocycles. The molecule has 7 nitrogen and oxygen atoms in total. The second-order valence-corrected chi connectivity index (χ2v) is 12.7. The predicted molar refractivity (Wildman–Crippen MR) is 137 cm³/mol. The standard InChI is InChI=1S/C25H32N4O3S2/c1-18-14-23-24(26-17-27-25(23)33-18)28-10-7-19(8-11-28)4-3-13-32-22-6-5-21-16-29(34(2,30)31)12-9-20(21)15-22/h5-6,14-15,17,19H,3-4,7-13,16H2,1-2H3. The summed E-state index contributed by atoms with van der Waals surface area (Å²) >= 11 is 1.73. The van der Waals surface area contributed by atoms with Gasteiger partial charge in [-0.05, 0) is 74.3 Å². The maximum absolute atomic E-state index is 11.8. The zero-order valence-electron chi connectivity index (χ0n) is 19.9. The number of fused-ring (bicyclic) bond motifs is 2. The fourth-order valence-corrected chi connectivity index (χ4v) is 6.73. The van der Waals surface area contributed by atoms with E-state index in [9.17, 15) is 8.42 Å². The van der Waals surface area contributed by atoms with E-state index in [0.717, 1.165) is 60.4 Å². The van der Waals surface area contributed by atoms with Gasteiger partial charge >= 0.3 is 0 Å². The van der Waals surface area contributed by atoms with Crippen molar-refractivity contribution in [2.45, 2.75) is 45.6 Å². The number of thiophene rings is 1. The Bertz CT molecular complexity index is 1270. The first kappa shape index (κ1) is 23.5. The average molecular weight is 501 g/mol. The topological polar surface area (TPSA) is 75.6 Å². The quantitative estimate of drug-likeness (QED) is 0.448. The average Bonchev–Trinajstić information content (AvgIpc) is 3.21. The molecule has 0 spiro atoms. The lowest BCUT2D eigenvalue weighted by Crippen LogP contribution is -2.35. The van der Waals surface area contributed by atoms with Crippen molar-refractivity contribution >= 4 is 37.4 Å². The zero-order valence-corrected chi connectivity index (χ0v) is 21.5. The fourth-order valence-electron chi connectivity index (χ4n) is 5.09. The van der Waals surface area contributed by atoms with Crippen LogP contribution in [0.3, 0.4) is 0 Å². The minimum absolute atomic E-state index is 0.458. The molecular formula is C25H32N4O3S2. The number of sulfonamides is 1. The number of benzene rings is 1. The van der Waals surface area contributed by atoms with Crippen LogP contribution in [0.1, 0.15) is 41.7 Å². The van der Waals surface area contributed by atoms with Crippen LogP contribution in [-0.4, -0.2) is 55.2 Å². The van der Waals surface area contributed by atoms with E-state index in [1.165, 1.54) is 45.7 Å². The van der Waals surface area contributed by atoms with Crippen LogP contribution >= 0.6 is 11.3 Å². The van der Waals surface area contributed by atoms with Crippen LogP contribution < -0.4 is 9.64 Å². The molecule has 2 aliphatic rings. The summed E-state index contributed by atoms with van der Waals surface area (Å²) in [5.74, 6) is 2.70. The SMILES string of the molecule is Cc1cc2c(N3CCC(CCCOc4ccc5c(c4)CCN(S(C)(=O)=O)C5)CC3)ncnc2s1. The Morgan fingerprint density at radius 2 is 1.94 bits per heavy atom. The number of anilines is 1. The molecule has 4 heterocycles. The minimum Gasteiger partial charge on any atom is -0.494 e. The smallest absolute Gasteiger partial charge is 0.211 e. The second-order valence-electron chi connectivity index (χ2n) is 9.47. The van der Waals surface area contributed by atoms with Crippen LogP contribution in [0.25, 0.3) is 10.2 Å². The van der Waals surface area contributed by atoms with E-state index in [2.05, 4.69) is 33.9 Å². The molecule has 3 aromatic rings. The van der Waals surface area contributed by atoms with Crippen molar-refractivity contribution in [3.8, 4) is 5.75 Å². The Morgan fingerprint density at radius 1 is 1.12 bits per heavy atom. The Morgan fingerprint density at radius 3 is 2.74 bits per heavy atom. The van der Waals surface area contributed by atoms with Crippen LogP contribution in [0.5, 0.6) is 5.75 Å². The van der Waals surface area contributed by atoms with Crippen molar-refractivity contribution in [3.63, 3.8) is 0 Å². The van der Waals surface area contributed by atoms with E-state index in [1.807, 2.05) is 12.1 Å². The number of aryl methyl sites for hydroxylation is 1. The van der Waals surface area contributed by atoms with Gasteiger partial charge in [-0.3, -0.25) is 0 Å². The maximum Gasteiger partial charge on any atom is 0.211 e. The Balaban J connectivity index is 1.07. The van der Waals surface area contributed by atoms with Gasteiger partial charge in [0.25, 0.3) is 0 Å². The summed E-state index contributed by atoms with van der Waals surface area (Å²) in [5.41, 5.74) is 2.28. The van der Waals surface area contributed by atoms with Gasteiger partial charge in [-0.25, -0.2) is 18.4 Å². The number of ether oxygens (including phenoxy) is 1. The maximum atomic E-state index is 11.8. The molecule has 1 saturated heterocycles. The predicted octanol–water partition coefficient (Wildman–Crippen LogP) is 4.39. The van der Waals surface area contributed by atoms with E-state index in [4.69, 9.17) is 4.74 Å². The van der Waals surface area contributed by atoms with Gasteiger partial charge in [-0.15, -0.1) is 11.3 Å². The van der Waals surface area contributed by atoms with E-state index >= 15 is 0 Å². The van der Waals surface area contributed by atoms with Gasteiger partial charge in [-0.2, -0.15) is 4.31 Å². The van der Waals surface area contributed by atoms with E-state index < -0.39 is 10.0 Å². The lowest BCUT2D eigenvalue weighted by molar-refractivity contribution is 0.278. The van der Waals surface area contributed by atoms with Crippen molar-refractivity contribution in [2.24, 2.45) is 5.92 Å². The Hall–Kier alpha value is -2.23. The molecule has 0 amide bonds. The van der Waals surface area contributed by atoms with Crippen molar-refractivity contribution in [1.29, 1.82) is 0 Å². The molecule has 2 aliphatic heterocycles. The van der Waals surface area contributed by atoms with Crippen molar-refractivity contribution in [1.82, 2.24) is 14.3 Å². The highest BCUT2D eigenvalue weighted by molar-refractivity contribution is 7.88. The summed E-state index contributed by atoms with van der Waals surface area (Å²) < 4.78 is 31.2. The number of nitrogens with zero attached hydrogens (tertiary/aromatic N) is 4. The largest absolute Gasteiger partial charge is 0.494 e. The number of aromatic nitrogens is 2. The van der Waals surface area contributed by atoms with E-state index in [1.54, 1.807) is 17.7 Å². The number of hydrogen-bond acceptors (Lipinski definition) is 7. The molecule has 2 aromatic heterocycles. The summed E-state index contributed by atoms with van der Waals surface area (Å²) in [4.78, 5) is 13.8. The second kappa shape index (κ2) is 9.79. The van der Waals surface area contributed by atoms with Gasteiger partial charge in [0, 0.05) is 31.1 Å². The molecule has 0 radical (unpaired) electrons. The van der Waals surface area contributed by atoms with Crippen LogP contribution in [0.2, 0.25) is 0 Å². The van der Waals surface area contributed by atoms with Gasteiger partial charge < -0.3 is 9.64 Å². The molecule has 0 atom stereocenters. The van der Waals surface area contributed by atoms with E-state index in [0.29, 0.717) is 13.1 Å².